The van der Waals surface area contributed by atoms with Crippen molar-refractivity contribution in [1.29, 1.82) is 0 Å². The molecule has 2 unspecified atom stereocenters. The number of imide groups is 1. The van der Waals surface area contributed by atoms with E-state index in [2.05, 4.69) is 5.32 Å². The van der Waals surface area contributed by atoms with Crippen LogP contribution in [0.2, 0.25) is 15.1 Å². The van der Waals surface area contributed by atoms with Gasteiger partial charge in [0.1, 0.15) is 24.0 Å². The maximum atomic E-state index is 12.8. The average molecular weight is 444 g/mol. The van der Waals surface area contributed by atoms with Gasteiger partial charge in [0.25, 0.3) is 5.91 Å². The van der Waals surface area contributed by atoms with Gasteiger partial charge < -0.3 is 15.2 Å². The molecule has 0 aromatic heterocycles. The van der Waals surface area contributed by atoms with Crippen LogP contribution in [0, 0.1) is 0 Å². The van der Waals surface area contributed by atoms with Gasteiger partial charge in [-0.05, 0) is 42.8 Å². The van der Waals surface area contributed by atoms with Gasteiger partial charge in [-0.25, -0.2) is 4.79 Å². The number of benzene rings is 2. The molecule has 28 heavy (non-hydrogen) atoms. The second-order valence-corrected chi connectivity index (χ2v) is 7.80. The van der Waals surface area contributed by atoms with Gasteiger partial charge in [-0.1, -0.05) is 46.9 Å². The molecular weight excluding hydrogens is 427 g/mol. The van der Waals surface area contributed by atoms with Crippen LogP contribution < -0.4 is 10.1 Å². The van der Waals surface area contributed by atoms with Gasteiger partial charge in [0, 0.05) is 10.0 Å². The number of carbonyl (C=O) groups is 2. The van der Waals surface area contributed by atoms with Gasteiger partial charge in [0.05, 0.1) is 11.6 Å². The first-order chi connectivity index (χ1) is 13.2. The SMILES string of the molecule is CC1(c2ccc(Cl)cc2)NC(=O)N(CC(O)COc2ccc(Cl)cc2Cl)C1=O. The Morgan fingerprint density at radius 1 is 1.11 bits per heavy atom. The highest BCUT2D eigenvalue weighted by Crippen LogP contribution is 2.30. The molecule has 148 valence electrons. The van der Waals surface area contributed by atoms with Crippen LogP contribution in [0.25, 0.3) is 0 Å². The van der Waals surface area contributed by atoms with Crippen molar-refractivity contribution < 1.29 is 19.4 Å². The van der Waals surface area contributed by atoms with Gasteiger partial charge in [0.15, 0.2) is 0 Å². The number of ether oxygens (including phenoxy) is 1. The first kappa shape index (κ1) is 20.7. The van der Waals surface area contributed by atoms with Gasteiger partial charge in [-0.15, -0.1) is 0 Å². The highest BCUT2D eigenvalue weighted by atomic mass is 35.5. The predicted octanol–water partition coefficient (Wildman–Crippen LogP) is 3.85. The van der Waals surface area contributed by atoms with Gasteiger partial charge in [-0.2, -0.15) is 0 Å². The molecule has 3 amide bonds. The summed E-state index contributed by atoms with van der Waals surface area (Å²) in [5, 5.41) is 14.2. The molecule has 0 bridgehead atoms. The number of carbonyl (C=O) groups excluding carboxylic acids is 2. The van der Waals surface area contributed by atoms with Crippen molar-refractivity contribution in [1.82, 2.24) is 10.2 Å². The molecule has 0 aliphatic carbocycles. The summed E-state index contributed by atoms with van der Waals surface area (Å²) in [4.78, 5) is 26.1. The Labute approximate surface area is 176 Å². The number of β-amino-alcohol motifs (C(OH)–C–C–N with tert-alkyl or cyclic N) is 1. The number of aliphatic hydroxyl groups is 1. The molecule has 1 saturated heterocycles. The largest absolute Gasteiger partial charge is 0.489 e. The minimum Gasteiger partial charge on any atom is -0.489 e. The fourth-order valence-corrected chi connectivity index (χ4v) is 3.47. The molecule has 0 spiro atoms. The van der Waals surface area contributed by atoms with E-state index in [1.54, 1.807) is 43.3 Å². The Kier molecular flexibility index (Phi) is 6.05. The van der Waals surface area contributed by atoms with Crippen molar-refractivity contribution in [2.75, 3.05) is 13.2 Å². The third kappa shape index (κ3) is 4.20. The van der Waals surface area contributed by atoms with Crippen LogP contribution in [0.4, 0.5) is 4.79 Å². The minimum absolute atomic E-state index is 0.157. The second-order valence-electron chi connectivity index (χ2n) is 6.52. The molecule has 2 atom stereocenters. The van der Waals surface area contributed by atoms with E-state index in [1.165, 1.54) is 6.07 Å². The van der Waals surface area contributed by atoms with Gasteiger partial charge in [-0.3, -0.25) is 9.69 Å². The fraction of sp³-hybridized carbons (Fsp3) is 0.263. The summed E-state index contributed by atoms with van der Waals surface area (Å²) in [5.41, 5.74) is -0.640. The minimum atomic E-state index is -1.23. The maximum Gasteiger partial charge on any atom is 0.325 e. The number of halogens is 3. The lowest BCUT2D eigenvalue weighted by Gasteiger charge is -2.23. The van der Waals surface area contributed by atoms with E-state index in [-0.39, 0.29) is 13.2 Å². The maximum absolute atomic E-state index is 12.8. The van der Waals surface area contributed by atoms with Crippen LogP contribution in [0.5, 0.6) is 5.75 Å². The third-order valence-corrected chi connectivity index (χ3v) is 5.20. The Hall–Kier alpha value is -1.99. The van der Waals surface area contributed by atoms with E-state index in [9.17, 15) is 14.7 Å². The zero-order valence-electron chi connectivity index (χ0n) is 14.8. The lowest BCUT2D eigenvalue weighted by molar-refractivity contribution is -0.132. The van der Waals surface area contributed by atoms with E-state index in [1.807, 2.05) is 0 Å². The predicted molar refractivity (Wildman–Crippen MR) is 107 cm³/mol. The number of aliphatic hydroxyl groups excluding tert-OH is 1. The number of nitrogens with one attached hydrogen (secondary N) is 1. The smallest absolute Gasteiger partial charge is 0.325 e. The van der Waals surface area contributed by atoms with Crippen molar-refractivity contribution in [3.8, 4) is 5.75 Å². The first-order valence-corrected chi connectivity index (χ1v) is 9.50. The molecule has 6 nitrogen and oxygen atoms in total. The van der Waals surface area contributed by atoms with Crippen LogP contribution in [0.15, 0.2) is 42.5 Å². The summed E-state index contributed by atoms with van der Waals surface area (Å²) >= 11 is 17.7. The Bertz CT molecular complexity index is 907. The summed E-state index contributed by atoms with van der Waals surface area (Å²) in [7, 11) is 0. The number of hydrogen-bond donors (Lipinski definition) is 2. The molecule has 2 N–H and O–H groups in total. The molecule has 1 heterocycles. The Morgan fingerprint density at radius 3 is 2.39 bits per heavy atom. The van der Waals surface area contributed by atoms with Gasteiger partial charge >= 0.3 is 6.03 Å². The first-order valence-electron chi connectivity index (χ1n) is 8.37. The van der Waals surface area contributed by atoms with Crippen molar-refractivity contribution in [3.63, 3.8) is 0 Å². The van der Waals surface area contributed by atoms with Crippen LogP contribution in [-0.4, -0.2) is 41.2 Å². The summed E-state index contributed by atoms with van der Waals surface area (Å²) in [6.45, 7) is 1.22. The van der Waals surface area contributed by atoms with Crippen LogP contribution in [0.1, 0.15) is 12.5 Å². The van der Waals surface area contributed by atoms with Crippen LogP contribution >= 0.6 is 34.8 Å². The standard InChI is InChI=1S/C19H17Cl3N2O4/c1-19(11-2-4-12(20)5-3-11)17(26)24(18(27)23-19)9-14(25)10-28-16-7-6-13(21)8-15(16)22/h2-8,14,25H,9-10H2,1H3,(H,23,27). The highest BCUT2D eigenvalue weighted by Gasteiger charge is 2.49. The molecule has 1 fully saturated rings. The molecular formula is C19H17Cl3N2O4. The van der Waals surface area contributed by atoms with Crippen molar-refractivity contribution in [3.05, 3.63) is 63.1 Å². The summed E-state index contributed by atoms with van der Waals surface area (Å²) in [6.07, 6.45) is -1.10. The molecule has 0 saturated carbocycles. The Morgan fingerprint density at radius 2 is 1.75 bits per heavy atom. The van der Waals surface area contributed by atoms with E-state index in [0.29, 0.717) is 26.4 Å². The van der Waals surface area contributed by atoms with E-state index >= 15 is 0 Å². The number of hydrogen-bond acceptors (Lipinski definition) is 4. The fourth-order valence-electron chi connectivity index (χ4n) is 2.88. The van der Waals surface area contributed by atoms with Gasteiger partial charge in [0.2, 0.25) is 0 Å². The van der Waals surface area contributed by atoms with Crippen LogP contribution in [0.3, 0.4) is 0 Å². The van der Waals surface area contributed by atoms with E-state index in [4.69, 9.17) is 39.5 Å². The average Bonchev–Trinajstić information content (AvgIpc) is 2.85. The molecule has 1 aliphatic rings. The molecule has 3 rings (SSSR count). The summed E-state index contributed by atoms with van der Waals surface area (Å²) < 4.78 is 5.46. The van der Waals surface area contributed by atoms with E-state index < -0.39 is 23.6 Å². The normalized spacial score (nSPS) is 20.2. The summed E-state index contributed by atoms with van der Waals surface area (Å²) in [5.74, 6) is -0.128. The highest BCUT2D eigenvalue weighted by molar-refractivity contribution is 6.35. The van der Waals surface area contributed by atoms with Crippen molar-refractivity contribution >= 4 is 46.7 Å². The Balaban J connectivity index is 1.66. The number of amides is 3. The molecule has 2 aromatic carbocycles. The monoisotopic (exact) mass is 442 g/mol. The topological polar surface area (TPSA) is 78.9 Å². The number of urea groups is 1. The van der Waals surface area contributed by atoms with Crippen LogP contribution in [-0.2, 0) is 10.3 Å². The molecule has 1 aliphatic heterocycles. The zero-order valence-corrected chi connectivity index (χ0v) is 17.1. The quantitative estimate of drug-likeness (QED) is 0.665. The number of nitrogens with zero attached hydrogens (tertiary/aromatic N) is 1. The molecule has 0 radical (unpaired) electrons. The zero-order chi connectivity index (χ0) is 20.5. The molecule has 9 heteroatoms. The van der Waals surface area contributed by atoms with Crippen molar-refractivity contribution in [2.45, 2.75) is 18.6 Å². The third-order valence-electron chi connectivity index (χ3n) is 4.42. The lowest BCUT2D eigenvalue weighted by atomic mass is 9.92. The van der Waals surface area contributed by atoms with E-state index in [0.717, 1.165) is 4.90 Å². The lowest BCUT2D eigenvalue weighted by Crippen LogP contribution is -2.42. The second kappa shape index (κ2) is 8.17. The summed E-state index contributed by atoms with van der Waals surface area (Å²) in [6, 6.07) is 10.7. The van der Waals surface area contributed by atoms with Crippen molar-refractivity contribution in [2.24, 2.45) is 0 Å². The number of rotatable bonds is 6. The molecule has 2 aromatic rings.